The molecule has 1 amide bonds. The van der Waals surface area contributed by atoms with Crippen molar-refractivity contribution in [1.29, 1.82) is 0 Å². The zero-order chi connectivity index (χ0) is 24.2. The molecule has 1 unspecified atom stereocenters. The minimum atomic E-state index is -3.75. The van der Waals surface area contributed by atoms with Crippen LogP contribution >= 0.6 is 11.6 Å². The molecule has 2 aliphatic carbocycles. The first-order valence-electron chi connectivity index (χ1n) is 12.2. The summed E-state index contributed by atoms with van der Waals surface area (Å²) in [6.07, 6.45) is 14.3. The van der Waals surface area contributed by atoms with Gasteiger partial charge >= 0.3 is 0 Å². The number of sulfonamides is 1. The van der Waals surface area contributed by atoms with Crippen molar-refractivity contribution in [2.75, 3.05) is 26.2 Å². The summed E-state index contributed by atoms with van der Waals surface area (Å²) in [6, 6.07) is 5.47. The van der Waals surface area contributed by atoms with E-state index in [-0.39, 0.29) is 22.4 Å². The lowest BCUT2D eigenvalue weighted by molar-refractivity contribution is -0.170. The van der Waals surface area contributed by atoms with E-state index in [1.54, 1.807) is 12.1 Å². The first kappa shape index (κ1) is 23.2. The van der Waals surface area contributed by atoms with Crippen LogP contribution in [0.4, 0.5) is 0 Å². The van der Waals surface area contributed by atoms with Gasteiger partial charge in [-0.3, -0.25) is 9.79 Å². The number of hydrogen-bond acceptors (Lipinski definition) is 5. The first-order chi connectivity index (χ1) is 16.8. The molecule has 1 atom stereocenters. The van der Waals surface area contributed by atoms with Gasteiger partial charge in [-0.2, -0.15) is 4.31 Å². The minimum Gasteiger partial charge on any atom is -0.363 e. The van der Waals surface area contributed by atoms with Crippen LogP contribution in [0.3, 0.4) is 0 Å². The Morgan fingerprint density at radius 1 is 1.17 bits per heavy atom. The number of morpholine rings is 1. The van der Waals surface area contributed by atoms with E-state index in [4.69, 9.17) is 16.3 Å². The van der Waals surface area contributed by atoms with Crippen LogP contribution in [0.15, 0.2) is 58.6 Å². The van der Waals surface area contributed by atoms with Gasteiger partial charge in [0.25, 0.3) is 0 Å². The van der Waals surface area contributed by atoms with E-state index in [1.807, 2.05) is 29.3 Å². The SMILES string of the molecule is O=C1COC2(CCN(S(=O)(=O)c3ccc(C4=CC5=NC=CCC5C=C4)cc3Cl)CC2)CN1C1CC1. The molecule has 0 aromatic heterocycles. The van der Waals surface area contributed by atoms with Crippen LogP contribution in [0, 0.1) is 5.92 Å². The molecule has 3 fully saturated rings. The number of rotatable bonds is 4. The van der Waals surface area contributed by atoms with Crippen LogP contribution in [0.2, 0.25) is 5.02 Å². The smallest absolute Gasteiger partial charge is 0.248 e. The maximum atomic E-state index is 13.5. The van der Waals surface area contributed by atoms with Gasteiger partial charge in [0.2, 0.25) is 15.9 Å². The van der Waals surface area contributed by atoms with E-state index in [9.17, 15) is 13.2 Å². The summed E-state index contributed by atoms with van der Waals surface area (Å²) < 4.78 is 34.4. The van der Waals surface area contributed by atoms with Crippen LogP contribution < -0.4 is 0 Å². The molecule has 1 aromatic rings. The average Bonchev–Trinajstić information content (AvgIpc) is 3.71. The van der Waals surface area contributed by atoms with Crippen molar-refractivity contribution in [3.05, 3.63) is 59.3 Å². The number of allylic oxidation sites excluding steroid dienone is 5. The molecule has 3 aliphatic heterocycles. The lowest BCUT2D eigenvalue weighted by Crippen LogP contribution is -2.59. The summed E-state index contributed by atoms with van der Waals surface area (Å²) in [7, 11) is -3.75. The van der Waals surface area contributed by atoms with Crippen molar-refractivity contribution in [3.63, 3.8) is 0 Å². The number of piperidine rings is 1. The number of amides is 1. The predicted octanol–water partition coefficient (Wildman–Crippen LogP) is 3.81. The number of ether oxygens (including phenoxy) is 1. The van der Waals surface area contributed by atoms with Crippen LogP contribution in [0.25, 0.3) is 5.57 Å². The fourth-order valence-corrected chi connectivity index (χ4v) is 7.38. The fraction of sp³-hybridized carbons (Fsp3) is 0.462. The van der Waals surface area contributed by atoms with Gasteiger partial charge in [-0.25, -0.2) is 8.42 Å². The molecule has 7 nitrogen and oxygen atoms in total. The Hall–Kier alpha value is -2.26. The van der Waals surface area contributed by atoms with Gasteiger partial charge < -0.3 is 9.64 Å². The molecule has 5 aliphatic rings. The third kappa shape index (κ3) is 4.31. The minimum absolute atomic E-state index is 0.0468. The maximum Gasteiger partial charge on any atom is 0.248 e. The highest BCUT2D eigenvalue weighted by atomic mass is 35.5. The number of fused-ring (bicyclic) bond motifs is 1. The van der Waals surface area contributed by atoms with Gasteiger partial charge in [0.15, 0.2) is 0 Å². The summed E-state index contributed by atoms with van der Waals surface area (Å²) in [5, 5.41) is 0.212. The average molecular weight is 514 g/mol. The van der Waals surface area contributed by atoms with Crippen LogP contribution in [-0.2, 0) is 19.6 Å². The maximum absolute atomic E-state index is 13.5. The molecule has 3 heterocycles. The van der Waals surface area contributed by atoms with E-state index < -0.39 is 15.6 Å². The molecule has 1 saturated carbocycles. The van der Waals surface area contributed by atoms with Gasteiger partial charge in [0.05, 0.1) is 17.2 Å². The predicted molar refractivity (Wildman–Crippen MR) is 135 cm³/mol. The van der Waals surface area contributed by atoms with Crippen molar-refractivity contribution in [1.82, 2.24) is 9.21 Å². The number of carbonyl (C=O) groups excluding carboxylic acids is 1. The number of hydrogen-bond donors (Lipinski definition) is 0. The normalized spacial score (nSPS) is 26.5. The van der Waals surface area contributed by atoms with E-state index in [1.165, 1.54) is 4.31 Å². The summed E-state index contributed by atoms with van der Waals surface area (Å²) in [4.78, 5) is 18.7. The highest BCUT2D eigenvalue weighted by Crippen LogP contribution is 2.38. The second-order valence-corrected chi connectivity index (χ2v) is 12.3. The van der Waals surface area contributed by atoms with Crippen molar-refractivity contribution in [2.24, 2.45) is 10.9 Å². The van der Waals surface area contributed by atoms with Crippen molar-refractivity contribution in [3.8, 4) is 0 Å². The van der Waals surface area contributed by atoms with E-state index in [0.717, 1.165) is 36.1 Å². The topological polar surface area (TPSA) is 79.3 Å². The molecule has 35 heavy (non-hydrogen) atoms. The highest BCUT2D eigenvalue weighted by molar-refractivity contribution is 7.89. The second kappa shape index (κ2) is 8.69. The van der Waals surface area contributed by atoms with E-state index in [2.05, 4.69) is 17.1 Å². The van der Waals surface area contributed by atoms with Gasteiger partial charge in [-0.15, -0.1) is 0 Å². The molecule has 0 N–H and O–H groups in total. The Bertz CT molecular complexity index is 1290. The van der Waals surface area contributed by atoms with Gasteiger partial charge in [0, 0.05) is 37.0 Å². The Kier molecular flexibility index (Phi) is 5.75. The molecule has 1 aromatic carbocycles. The lowest BCUT2D eigenvalue weighted by Gasteiger charge is -2.46. The van der Waals surface area contributed by atoms with E-state index >= 15 is 0 Å². The standard InChI is InChI=1S/C26H28ClN3O4S/c27-22-14-19(20-4-3-18-2-1-11-28-23(18)15-20)5-8-24(22)35(32,33)29-12-9-26(10-13-29)17-30(21-6-7-21)25(31)16-34-26/h1,3-5,8,11,14-15,18,21H,2,6-7,9-10,12-13,16-17H2. The number of carbonyl (C=O) groups is 1. The summed E-state index contributed by atoms with van der Waals surface area (Å²) in [5.74, 6) is 0.342. The number of benzene rings is 1. The van der Waals surface area contributed by atoms with Crippen molar-refractivity contribution < 1.29 is 17.9 Å². The molecule has 0 radical (unpaired) electrons. The molecule has 184 valence electrons. The van der Waals surface area contributed by atoms with Crippen molar-refractivity contribution in [2.45, 2.75) is 48.6 Å². The van der Waals surface area contributed by atoms with Crippen LogP contribution in [0.1, 0.15) is 37.7 Å². The summed E-state index contributed by atoms with van der Waals surface area (Å²) in [6.45, 7) is 1.33. The number of nitrogens with zero attached hydrogens (tertiary/aromatic N) is 3. The Morgan fingerprint density at radius 2 is 1.97 bits per heavy atom. The third-order valence-corrected chi connectivity index (χ3v) is 10.1. The van der Waals surface area contributed by atoms with E-state index in [0.29, 0.717) is 44.4 Å². The van der Waals surface area contributed by atoms with Gasteiger partial charge in [0.1, 0.15) is 11.5 Å². The molecular formula is C26H28ClN3O4S. The highest BCUT2D eigenvalue weighted by Gasteiger charge is 2.47. The Labute approximate surface area is 210 Å². The van der Waals surface area contributed by atoms with Gasteiger partial charge in [-0.1, -0.05) is 35.9 Å². The monoisotopic (exact) mass is 513 g/mol. The molecule has 2 saturated heterocycles. The lowest BCUT2D eigenvalue weighted by atomic mass is 9.88. The number of halogens is 1. The Morgan fingerprint density at radius 3 is 2.71 bits per heavy atom. The molecule has 9 heteroatoms. The molecule has 6 rings (SSSR count). The largest absolute Gasteiger partial charge is 0.363 e. The molecule has 1 spiro atoms. The third-order valence-electron chi connectivity index (χ3n) is 7.70. The fourth-order valence-electron chi connectivity index (χ4n) is 5.42. The second-order valence-electron chi connectivity index (χ2n) is 10.0. The zero-order valence-electron chi connectivity index (χ0n) is 19.4. The quantitative estimate of drug-likeness (QED) is 0.613. The zero-order valence-corrected chi connectivity index (χ0v) is 21.0. The summed E-state index contributed by atoms with van der Waals surface area (Å²) in [5.41, 5.74) is 2.38. The molecular weight excluding hydrogens is 486 g/mol. The molecule has 0 bridgehead atoms. The Balaban J connectivity index is 1.18. The number of aliphatic imine (C=N–C) groups is 1. The van der Waals surface area contributed by atoms with Crippen LogP contribution in [0.5, 0.6) is 0 Å². The van der Waals surface area contributed by atoms with Gasteiger partial charge in [-0.05, 0) is 61.4 Å². The van der Waals surface area contributed by atoms with Crippen LogP contribution in [-0.4, -0.2) is 67.1 Å². The van der Waals surface area contributed by atoms with Crippen molar-refractivity contribution >= 4 is 38.8 Å². The summed E-state index contributed by atoms with van der Waals surface area (Å²) >= 11 is 6.54. The first-order valence-corrected chi connectivity index (χ1v) is 14.0.